The highest BCUT2D eigenvalue weighted by Crippen LogP contribution is 2.17. The van der Waals surface area contributed by atoms with Crippen LogP contribution in [0.25, 0.3) is 0 Å². The fourth-order valence-electron chi connectivity index (χ4n) is 0.914. The Labute approximate surface area is 80.2 Å². The number of hydrogen-bond donors (Lipinski definition) is 2. The molecule has 2 N–H and O–H groups in total. The minimum atomic E-state index is -0.0961. The lowest BCUT2D eigenvalue weighted by Crippen LogP contribution is -2.41. The van der Waals surface area contributed by atoms with Gasteiger partial charge in [0.05, 0.1) is 11.6 Å². The molecule has 0 bridgehead atoms. The highest BCUT2D eigenvalue weighted by atomic mass is 79.9. The van der Waals surface area contributed by atoms with Crippen molar-refractivity contribution in [1.29, 1.82) is 0 Å². The predicted octanol–water partition coefficient (Wildman–Crippen LogP) is 0.764. The zero-order chi connectivity index (χ0) is 9.14. The van der Waals surface area contributed by atoms with Crippen molar-refractivity contribution in [3.8, 4) is 0 Å². The number of hydrogen-bond acceptors (Lipinski definition) is 4. The van der Waals surface area contributed by atoms with Crippen LogP contribution in [0.15, 0.2) is 15.2 Å². The number of rotatable bonds is 1. The summed E-state index contributed by atoms with van der Waals surface area (Å²) >= 11 is 3.37. The lowest BCUT2D eigenvalue weighted by molar-refractivity contribution is 0.385. The molecule has 0 saturated carbocycles. The first kappa shape index (κ1) is 9.54. The Balaban J connectivity index is 2.85. The SMILES string of the molecule is CNC1N=C(OC)C(Br)=C(C)N1. The van der Waals surface area contributed by atoms with Gasteiger partial charge >= 0.3 is 0 Å². The Morgan fingerprint density at radius 1 is 1.67 bits per heavy atom. The summed E-state index contributed by atoms with van der Waals surface area (Å²) < 4.78 is 5.94. The third-order valence-electron chi connectivity index (χ3n) is 1.58. The van der Waals surface area contributed by atoms with Crippen LogP contribution in [0.2, 0.25) is 0 Å². The van der Waals surface area contributed by atoms with E-state index < -0.39 is 0 Å². The molecule has 0 amide bonds. The second kappa shape index (κ2) is 3.91. The lowest BCUT2D eigenvalue weighted by Gasteiger charge is -2.22. The van der Waals surface area contributed by atoms with Gasteiger partial charge in [-0.25, -0.2) is 4.99 Å². The zero-order valence-electron chi connectivity index (χ0n) is 7.31. The molecular formula is C7H12BrN3O. The average Bonchev–Trinajstić information content (AvgIpc) is 2.09. The van der Waals surface area contributed by atoms with Gasteiger partial charge in [0.25, 0.3) is 0 Å². The second-order valence-electron chi connectivity index (χ2n) is 2.41. The number of ether oxygens (including phenoxy) is 1. The molecule has 0 aromatic rings. The van der Waals surface area contributed by atoms with Crippen LogP contribution in [0.1, 0.15) is 6.92 Å². The zero-order valence-corrected chi connectivity index (χ0v) is 8.90. The summed E-state index contributed by atoms with van der Waals surface area (Å²) in [7, 11) is 3.44. The van der Waals surface area contributed by atoms with Gasteiger partial charge < -0.3 is 10.1 Å². The van der Waals surface area contributed by atoms with Gasteiger partial charge in [-0.3, -0.25) is 5.32 Å². The summed E-state index contributed by atoms with van der Waals surface area (Å²) in [6.45, 7) is 1.96. The smallest absolute Gasteiger partial charge is 0.228 e. The first-order chi connectivity index (χ1) is 5.69. The molecule has 0 radical (unpaired) electrons. The van der Waals surface area contributed by atoms with Gasteiger partial charge in [-0.05, 0) is 29.9 Å². The third kappa shape index (κ3) is 1.78. The summed E-state index contributed by atoms with van der Waals surface area (Å²) in [6.07, 6.45) is -0.0961. The van der Waals surface area contributed by atoms with Crippen LogP contribution in [0, 0.1) is 0 Å². The van der Waals surface area contributed by atoms with Gasteiger partial charge in [0.2, 0.25) is 5.90 Å². The molecule has 0 saturated heterocycles. The third-order valence-corrected chi connectivity index (χ3v) is 2.52. The predicted molar refractivity (Wildman–Crippen MR) is 52.1 cm³/mol. The molecule has 1 unspecified atom stereocenters. The topological polar surface area (TPSA) is 45.7 Å². The van der Waals surface area contributed by atoms with Crippen LogP contribution in [0.4, 0.5) is 0 Å². The van der Waals surface area contributed by atoms with Gasteiger partial charge in [0.1, 0.15) is 0 Å². The Morgan fingerprint density at radius 2 is 2.33 bits per heavy atom. The normalized spacial score (nSPS) is 23.3. The minimum absolute atomic E-state index is 0.0961. The maximum absolute atomic E-state index is 5.07. The fourth-order valence-corrected chi connectivity index (χ4v) is 1.29. The van der Waals surface area contributed by atoms with Crippen molar-refractivity contribution in [2.24, 2.45) is 4.99 Å². The number of methoxy groups -OCH3 is 1. The van der Waals surface area contributed by atoms with Gasteiger partial charge in [-0.15, -0.1) is 0 Å². The van der Waals surface area contributed by atoms with Crippen LogP contribution in [0.5, 0.6) is 0 Å². The maximum Gasteiger partial charge on any atom is 0.228 e. The minimum Gasteiger partial charge on any atom is -0.480 e. The summed E-state index contributed by atoms with van der Waals surface area (Å²) in [6, 6.07) is 0. The van der Waals surface area contributed by atoms with E-state index in [2.05, 4.69) is 31.6 Å². The van der Waals surface area contributed by atoms with Crippen LogP contribution < -0.4 is 10.6 Å². The number of nitrogens with one attached hydrogen (secondary N) is 2. The molecular weight excluding hydrogens is 222 g/mol. The number of halogens is 1. The van der Waals surface area contributed by atoms with Gasteiger partial charge in [-0.1, -0.05) is 0 Å². The van der Waals surface area contributed by atoms with E-state index in [1.165, 1.54) is 0 Å². The number of nitrogens with zero attached hydrogens (tertiary/aromatic N) is 1. The van der Waals surface area contributed by atoms with Crippen LogP contribution >= 0.6 is 15.9 Å². The average molecular weight is 234 g/mol. The molecule has 1 rings (SSSR count). The van der Waals surface area contributed by atoms with Crippen molar-refractivity contribution >= 4 is 21.8 Å². The summed E-state index contributed by atoms with van der Waals surface area (Å²) in [4.78, 5) is 4.22. The molecule has 0 fully saturated rings. The molecule has 4 nitrogen and oxygen atoms in total. The molecule has 12 heavy (non-hydrogen) atoms. The molecule has 0 aromatic heterocycles. The highest BCUT2D eigenvalue weighted by molar-refractivity contribution is 9.12. The molecule has 68 valence electrons. The van der Waals surface area contributed by atoms with E-state index in [4.69, 9.17) is 4.74 Å². The van der Waals surface area contributed by atoms with E-state index in [0.29, 0.717) is 5.90 Å². The van der Waals surface area contributed by atoms with E-state index in [-0.39, 0.29) is 6.29 Å². The Bertz CT molecular complexity index is 237. The monoisotopic (exact) mass is 233 g/mol. The van der Waals surface area contributed by atoms with Crippen molar-refractivity contribution in [2.75, 3.05) is 14.2 Å². The fraction of sp³-hybridized carbons (Fsp3) is 0.571. The van der Waals surface area contributed by atoms with Crippen LogP contribution in [0.3, 0.4) is 0 Å². The van der Waals surface area contributed by atoms with E-state index in [0.717, 1.165) is 10.2 Å². The summed E-state index contributed by atoms with van der Waals surface area (Å²) in [5, 5.41) is 6.12. The lowest BCUT2D eigenvalue weighted by atomic mass is 10.4. The molecule has 1 atom stereocenters. The Kier molecular flexibility index (Phi) is 3.11. The number of allylic oxidation sites excluding steroid dienone is 1. The first-order valence-corrected chi connectivity index (χ1v) is 4.40. The molecule has 1 aliphatic heterocycles. The van der Waals surface area contributed by atoms with Gasteiger partial charge in [0.15, 0.2) is 6.29 Å². The van der Waals surface area contributed by atoms with E-state index in [9.17, 15) is 0 Å². The summed E-state index contributed by atoms with van der Waals surface area (Å²) in [5.74, 6) is 0.616. The first-order valence-electron chi connectivity index (χ1n) is 3.61. The highest BCUT2D eigenvalue weighted by Gasteiger charge is 2.17. The maximum atomic E-state index is 5.07. The standard InChI is InChI=1S/C7H12BrN3O/c1-4-5(8)6(12-3)11-7(9-2)10-4/h7,9-10H,1-3H3. The van der Waals surface area contributed by atoms with E-state index in [1.807, 2.05) is 14.0 Å². The van der Waals surface area contributed by atoms with Crippen LogP contribution in [-0.2, 0) is 4.74 Å². The van der Waals surface area contributed by atoms with Crippen molar-refractivity contribution in [2.45, 2.75) is 13.2 Å². The molecule has 1 aliphatic rings. The van der Waals surface area contributed by atoms with Crippen molar-refractivity contribution < 1.29 is 4.74 Å². The Morgan fingerprint density at radius 3 is 2.83 bits per heavy atom. The van der Waals surface area contributed by atoms with Crippen molar-refractivity contribution in [3.63, 3.8) is 0 Å². The molecule has 1 heterocycles. The number of aliphatic imine (C=N–C) groups is 1. The van der Waals surface area contributed by atoms with E-state index in [1.54, 1.807) is 7.11 Å². The van der Waals surface area contributed by atoms with Crippen molar-refractivity contribution in [3.05, 3.63) is 10.2 Å². The molecule has 0 spiro atoms. The van der Waals surface area contributed by atoms with Gasteiger partial charge in [0, 0.05) is 5.70 Å². The second-order valence-corrected chi connectivity index (χ2v) is 3.21. The molecule has 5 heteroatoms. The summed E-state index contributed by atoms with van der Waals surface area (Å²) in [5.41, 5.74) is 1.02. The quantitative estimate of drug-likeness (QED) is 0.704. The Hall–Kier alpha value is -0.550. The molecule has 0 aliphatic carbocycles. The van der Waals surface area contributed by atoms with Gasteiger partial charge in [-0.2, -0.15) is 0 Å². The molecule has 0 aromatic carbocycles. The van der Waals surface area contributed by atoms with E-state index >= 15 is 0 Å². The van der Waals surface area contributed by atoms with Crippen LogP contribution in [-0.4, -0.2) is 26.3 Å². The largest absolute Gasteiger partial charge is 0.480 e. The van der Waals surface area contributed by atoms with Crippen molar-refractivity contribution in [1.82, 2.24) is 10.6 Å².